The highest BCUT2D eigenvalue weighted by Gasteiger charge is 2.30. The molecule has 1 aromatic heterocycles. The van der Waals surface area contributed by atoms with E-state index in [0.29, 0.717) is 24.7 Å². The molecule has 0 aromatic carbocycles. The summed E-state index contributed by atoms with van der Waals surface area (Å²) in [6.07, 6.45) is 0.640. The Labute approximate surface area is 132 Å². The number of aromatic nitrogens is 1. The fraction of sp³-hybridized carbons (Fsp3) is 0.647. The maximum atomic E-state index is 12.7. The third-order valence-corrected chi connectivity index (χ3v) is 4.32. The molecule has 0 unspecified atom stereocenters. The summed E-state index contributed by atoms with van der Waals surface area (Å²) >= 11 is 0. The third kappa shape index (κ3) is 3.84. The summed E-state index contributed by atoms with van der Waals surface area (Å²) in [4.78, 5) is 21.3. The van der Waals surface area contributed by atoms with Crippen LogP contribution in [0.4, 0.5) is 0 Å². The van der Waals surface area contributed by atoms with Crippen LogP contribution in [0.5, 0.6) is 0 Å². The van der Waals surface area contributed by atoms with Crippen molar-refractivity contribution < 1.29 is 9.90 Å². The molecule has 5 nitrogen and oxygen atoms in total. The Bertz CT molecular complexity index is 531. The van der Waals surface area contributed by atoms with Crippen LogP contribution in [0.25, 0.3) is 0 Å². The van der Waals surface area contributed by atoms with Gasteiger partial charge in [-0.25, -0.2) is 0 Å². The fourth-order valence-electron chi connectivity index (χ4n) is 3.13. The molecule has 22 heavy (non-hydrogen) atoms. The Morgan fingerprint density at radius 1 is 1.41 bits per heavy atom. The highest BCUT2D eigenvalue weighted by Crippen LogP contribution is 2.17. The molecule has 1 saturated heterocycles. The molecular weight excluding hydrogens is 278 g/mol. The van der Waals surface area contributed by atoms with Crippen LogP contribution in [0.3, 0.4) is 0 Å². The summed E-state index contributed by atoms with van der Waals surface area (Å²) in [7, 11) is 0. The first kappa shape index (κ1) is 16.9. The van der Waals surface area contributed by atoms with E-state index in [1.54, 1.807) is 0 Å². The number of carbonyl (C=O) groups excluding carboxylic acids is 1. The van der Waals surface area contributed by atoms with E-state index < -0.39 is 0 Å². The summed E-state index contributed by atoms with van der Waals surface area (Å²) in [6, 6.07) is 4.08. The van der Waals surface area contributed by atoms with E-state index in [9.17, 15) is 9.90 Å². The van der Waals surface area contributed by atoms with Crippen LogP contribution >= 0.6 is 0 Å². The molecule has 1 amide bonds. The summed E-state index contributed by atoms with van der Waals surface area (Å²) in [5.74, 6) is 0.0696. The molecule has 1 aliphatic heterocycles. The Kier molecular flexibility index (Phi) is 5.53. The molecule has 0 saturated carbocycles. The Hall–Kier alpha value is -1.46. The van der Waals surface area contributed by atoms with E-state index in [-0.39, 0.29) is 12.0 Å². The Morgan fingerprint density at radius 3 is 2.73 bits per heavy atom. The lowest BCUT2D eigenvalue weighted by atomic mass is 10.1. The van der Waals surface area contributed by atoms with Gasteiger partial charge in [-0.1, -0.05) is 6.92 Å². The largest absolute Gasteiger partial charge is 0.392 e. The molecule has 0 radical (unpaired) electrons. The van der Waals surface area contributed by atoms with Crippen molar-refractivity contribution in [1.82, 2.24) is 14.8 Å². The van der Waals surface area contributed by atoms with Gasteiger partial charge in [0.15, 0.2) is 0 Å². The summed E-state index contributed by atoms with van der Waals surface area (Å²) in [5, 5.41) is 9.60. The van der Waals surface area contributed by atoms with Gasteiger partial charge in [-0.05, 0) is 39.3 Å². The Morgan fingerprint density at radius 2 is 2.14 bits per heavy atom. The van der Waals surface area contributed by atoms with Crippen molar-refractivity contribution in [2.45, 2.75) is 46.3 Å². The molecule has 1 aromatic rings. The molecule has 1 fully saturated rings. The monoisotopic (exact) mass is 305 g/mol. The second kappa shape index (κ2) is 7.20. The molecule has 5 heteroatoms. The normalized spacial score (nSPS) is 21.0. The number of rotatable bonds is 4. The molecule has 2 atom stereocenters. The number of β-amino-alcohol motifs (C(OH)–C–C–N with tert-alkyl or cyclic N) is 1. The van der Waals surface area contributed by atoms with Crippen molar-refractivity contribution in [1.29, 1.82) is 0 Å². The van der Waals surface area contributed by atoms with Crippen molar-refractivity contribution in [3.63, 3.8) is 0 Å². The van der Waals surface area contributed by atoms with Crippen LogP contribution in [0, 0.1) is 13.8 Å². The number of amides is 1. The third-order valence-electron chi connectivity index (χ3n) is 4.32. The second-order valence-electron chi connectivity index (χ2n) is 6.24. The number of aliphatic hydroxyl groups is 1. The summed E-state index contributed by atoms with van der Waals surface area (Å²) in [5.41, 5.74) is 2.43. The zero-order chi connectivity index (χ0) is 16.3. The fourth-order valence-corrected chi connectivity index (χ4v) is 3.13. The van der Waals surface area contributed by atoms with E-state index in [4.69, 9.17) is 0 Å². The van der Waals surface area contributed by atoms with Gasteiger partial charge in [0.2, 0.25) is 0 Å². The molecule has 1 aliphatic rings. The van der Waals surface area contributed by atoms with E-state index in [2.05, 4.69) is 16.8 Å². The van der Waals surface area contributed by atoms with Gasteiger partial charge < -0.3 is 10.0 Å². The second-order valence-corrected chi connectivity index (χ2v) is 6.24. The lowest BCUT2D eigenvalue weighted by Crippen LogP contribution is -2.55. The minimum Gasteiger partial charge on any atom is -0.392 e. The molecular formula is C17H27N3O2. The van der Waals surface area contributed by atoms with E-state index in [1.807, 2.05) is 37.8 Å². The average molecular weight is 305 g/mol. The number of pyridine rings is 1. The SMILES string of the molecule is CC[C@@H]1CN(C(=O)c2ccc(C)nc2C)CCN1C[C@@H](C)O. The van der Waals surface area contributed by atoms with Crippen LogP contribution in [-0.4, -0.2) is 64.1 Å². The number of nitrogens with zero attached hydrogens (tertiary/aromatic N) is 3. The van der Waals surface area contributed by atoms with E-state index in [0.717, 1.165) is 30.9 Å². The number of carbonyl (C=O) groups is 1. The smallest absolute Gasteiger partial charge is 0.255 e. The average Bonchev–Trinajstić information content (AvgIpc) is 2.46. The van der Waals surface area contributed by atoms with Crippen LogP contribution in [0.15, 0.2) is 12.1 Å². The van der Waals surface area contributed by atoms with E-state index >= 15 is 0 Å². The lowest BCUT2D eigenvalue weighted by molar-refractivity contribution is 0.0309. The maximum absolute atomic E-state index is 12.7. The minimum atomic E-state index is -0.333. The van der Waals surface area contributed by atoms with Crippen LogP contribution < -0.4 is 0 Å². The predicted molar refractivity (Wildman–Crippen MR) is 86.9 cm³/mol. The zero-order valence-electron chi connectivity index (χ0n) is 14.0. The van der Waals surface area contributed by atoms with Crippen molar-refractivity contribution in [3.05, 3.63) is 29.1 Å². The number of aliphatic hydroxyl groups excluding tert-OH is 1. The van der Waals surface area contributed by atoms with Gasteiger partial charge >= 0.3 is 0 Å². The lowest BCUT2D eigenvalue weighted by Gasteiger charge is -2.41. The number of piperazine rings is 1. The van der Waals surface area contributed by atoms with Gasteiger partial charge in [-0.3, -0.25) is 14.7 Å². The van der Waals surface area contributed by atoms with Gasteiger partial charge in [-0.2, -0.15) is 0 Å². The van der Waals surface area contributed by atoms with Crippen molar-refractivity contribution in [3.8, 4) is 0 Å². The van der Waals surface area contributed by atoms with Crippen LogP contribution in [0.2, 0.25) is 0 Å². The maximum Gasteiger partial charge on any atom is 0.255 e. The number of hydrogen-bond acceptors (Lipinski definition) is 4. The van der Waals surface area contributed by atoms with Crippen molar-refractivity contribution in [2.75, 3.05) is 26.2 Å². The first-order chi connectivity index (χ1) is 10.4. The first-order valence-electron chi connectivity index (χ1n) is 8.08. The van der Waals surface area contributed by atoms with Crippen molar-refractivity contribution in [2.24, 2.45) is 0 Å². The molecule has 2 rings (SSSR count). The molecule has 122 valence electrons. The minimum absolute atomic E-state index is 0.0696. The van der Waals surface area contributed by atoms with Gasteiger partial charge in [0, 0.05) is 37.9 Å². The predicted octanol–water partition coefficient (Wildman–Crippen LogP) is 1.62. The summed E-state index contributed by atoms with van der Waals surface area (Å²) < 4.78 is 0. The summed E-state index contributed by atoms with van der Waals surface area (Å²) in [6.45, 7) is 10.7. The van der Waals surface area contributed by atoms with Gasteiger partial charge in [0.1, 0.15) is 0 Å². The first-order valence-corrected chi connectivity index (χ1v) is 8.08. The highest BCUT2D eigenvalue weighted by molar-refractivity contribution is 5.95. The molecule has 1 N–H and O–H groups in total. The van der Waals surface area contributed by atoms with Gasteiger partial charge in [0.05, 0.1) is 17.4 Å². The molecule has 2 heterocycles. The standard InChI is InChI=1S/C17H27N3O2/c1-5-15-11-20(9-8-19(15)10-13(3)21)17(22)16-7-6-12(2)18-14(16)4/h6-7,13,15,21H,5,8-11H2,1-4H3/t13-,15-/m1/s1. The zero-order valence-corrected chi connectivity index (χ0v) is 14.0. The number of hydrogen-bond donors (Lipinski definition) is 1. The molecule has 0 bridgehead atoms. The molecule has 0 aliphatic carbocycles. The van der Waals surface area contributed by atoms with Crippen LogP contribution in [-0.2, 0) is 0 Å². The van der Waals surface area contributed by atoms with E-state index in [1.165, 1.54) is 0 Å². The van der Waals surface area contributed by atoms with Gasteiger partial charge in [-0.15, -0.1) is 0 Å². The highest BCUT2D eigenvalue weighted by atomic mass is 16.3. The molecule has 0 spiro atoms. The van der Waals surface area contributed by atoms with Crippen molar-refractivity contribution >= 4 is 5.91 Å². The van der Waals surface area contributed by atoms with Gasteiger partial charge in [0.25, 0.3) is 5.91 Å². The quantitative estimate of drug-likeness (QED) is 0.918. The van der Waals surface area contributed by atoms with Crippen LogP contribution in [0.1, 0.15) is 42.0 Å². The Balaban J connectivity index is 2.09. The number of aryl methyl sites for hydroxylation is 2. The topological polar surface area (TPSA) is 56.7 Å².